The second kappa shape index (κ2) is 12.1. The molecule has 1 aromatic carbocycles. The molecule has 2 saturated heterocycles. The van der Waals surface area contributed by atoms with E-state index in [1.54, 1.807) is 6.21 Å². The summed E-state index contributed by atoms with van der Waals surface area (Å²) in [5, 5.41) is 4.63. The lowest BCUT2D eigenvalue weighted by Gasteiger charge is -2.32. The molecule has 4 heterocycles. The molecule has 0 radical (unpaired) electrons. The van der Waals surface area contributed by atoms with E-state index in [2.05, 4.69) is 40.0 Å². The molecule has 5 rings (SSSR count). The Morgan fingerprint density at radius 1 is 1.03 bits per heavy atom. The third kappa shape index (κ3) is 5.74. The van der Waals surface area contributed by atoms with E-state index in [1.807, 2.05) is 32.2 Å². The Morgan fingerprint density at radius 3 is 2.36 bits per heavy atom. The Morgan fingerprint density at radius 2 is 1.72 bits per heavy atom. The van der Waals surface area contributed by atoms with Crippen LogP contribution in [0.25, 0.3) is 16.6 Å². The predicted molar refractivity (Wildman–Crippen MR) is 157 cm³/mol. The molecule has 0 amide bonds. The van der Waals surface area contributed by atoms with Crippen LogP contribution in [0.5, 0.6) is 0 Å². The Kier molecular flexibility index (Phi) is 8.38. The van der Waals surface area contributed by atoms with E-state index in [9.17, 15) is 4.39 Å². The van der Waals surface area contributed by atoms with Crippen LogP contribution in [0.2, 0.25) is 0 Å². The molecule has 2 aliphatic rings. The Labute approximate surface area is 229 Å². The van der Waals surface area contributed by atoms with Gasteiger partial charge >= 0.3 is 0 Å². The molecule has 2 fully saturated rings. The number of halogens is 1. The fourth-order valence-electron chi connectivity index (χ4n) is 5.25. The first-order valence-corrected chi connectivity index (χ1v) is 13.7. The molecule has 1 N–H and O–H groups in total. The molecule has 3 aromatic rings. The van der Waals surface area contributed by atoms with Crippen molar-refractivity contribution in [2.24, 2.45) is 4.99 Å². The Balaban J connectivity index is 1.71. The molecule has 0 saturated carbocycles. The van der Waals surface area contributed by atoms with Crippen LogP contribution in [0.1, 0.15) is 44.9 Å². The first-order valence-electron chi connectivity index (χ1n) is 13.7. The first kappa shape index (κ1) is 27.0. The van der Waals surface area contributed by atoms with E-state index in [0.29, 0.717) is 31.9 Å². The number of rotatable bonds is 7. The van der Waals surface area contributed by atoms with Crippen molar-refractivity contribution in [3.8, 4) is 0 Å². The molecule has 0 spiro atoms. The zero-order chi connectivity index (χ0) is 27.4. The zero-order valence-electron chi connectivity index (χ0n) is 23.2. The highest BCUT2D eigenvalue weighted by Gasteiger charge is 2.24. The summed E-state index contributed by atoms with van der Waals surface area (Å²) >= 11 is 0. The van der Waals surface area contributed by atoms with Crippen LogP contribution in [-0.2, 0) is 9.47 Å². The van der Waals surface area contributed by atoms with Crippen molar-refractivity contribution in [1.82, 2.24) is 9.97 Å². The minimum atomic E-state index is -0.324. The summed E-state index contributed by atoms with van der Waals surface area (Å²) in [6.07, 6.45) is 5.66. The summed E-state index contributed by atoms with van der Waals surface area (Å²) in [6, 6.07) is 6.96. The van der Waals surface area contributed by atoms with Gasteiger partial charge in [0.05, 0.1) is 66.6 Å². The lowest BCUT2D eigenvalue weighted by molar-refractivity contribution is 0.122. The van der Waals surface area contributed by atoms with Crippen molar-refractivity contribution in [1.29, 1.82) is 0 Å². The normalized spacial score (nSPS) is 17.0. The molecule has 2 aromatic heterocycles. The SMILES string of the molecule is CC=NC(=CC)c1nc2cc(F)ccc2c(Nc2cc(N3CCOCC3)cnc2N2CCOCC2)c1C(C)C. The highest BCUT2D eigenvalue weighted by Crippen LogP contribution is 2.41. The van der Waals surface area contributed by atoms with Crippen LogP contribution in [-0.4, -0.2) is 68.8 Å². The molecule has 0 bridgehead atoms. The van der Waals surface area contributed by atoms with E-state index in [4.69, 9.17) is 19.4 Å². The van der Waals surface area contributed by atoms with Gasteiger partial charge in [0.15, 0.2) is 5.82 Å². The van der Waals surface area contributed by atoms with Crippen LogP contribution < -0.4 is 15.1 Å². The molecular formula is C30H37FN6O2. The molecule has 0 unspecified atom stereocenters. The van der Waals surface area contributed by atoms with Gasteiger partial charge in [0, 0.05) is 49.4 Å². The summed E-state index contributed by atoms with van der Waals surface area (Å²) in [5.74, 6) is 0.667. The average molecular weight is 533 g/mol. The molecule has 206 valence electrons. The molecule has 0 aliphatic carbocycles. The number of hydrogen-bond donors (Lipinski definition) is 1. The number of anilines is 4. The fraction of sp³-hybridized carbons (Fsp3) is 0.433. The first-order chi connectivity index (χ1) is 19.0. The number of allylic oxidation sites excluding steroid dienone is 1. The van der Waals surface area contributed by atoms with Gasteiger partial charge in [-0.2, -0.15) is 0 Å². The quantitative estimate of drug-likeness (QED) is 0.388. The number of pyridine rings is 2. The number of aliphatic imine (C=N–C) groups is 1. The molecular weight excluding hydrogens is 495 g/mol. The van der Waals surface area contributed by atoms with Gasteiger partial charge < -0.3 is 24.6 Å². The van der Waals surface area contributed by atoms with Crippen LogP contribution in [0.15, 0.2) is 41.5 Å². The van der Waals surface area contributed by atoms with Crippen LogP contribution in [0, 0.1) is 5.82 Å². The van der Waals surface area contributed by atoms with Crippen LogP contribution in [0.3, 0.4) is 0 Å². The lowest BCUT2D eigenvalue weighted by Crippen LogP contribution is -2.38. The highest BCUT2D eigenvalue weighted by atomic mass is 19.1. The van der Waals surface area contributed by atoms with Gasteiger partial charge in [0.1, 0.15) is 5.82 Å². The maximum atomic E-state index is 14.4. The van der Waals surface area contributed by atoms with E-state index in [0.717, 1.165) is 71.4 Å². The number of nitrogens with zero attached hydrogens (tertiary/aromatic N) is 5. The van der Waals surface area contributed by atoms with Crippen molar-refractivity contribution in [3.05, 3.63) is 53.6 Å². The monoisotopic (exact) mass is 532 g/mol. The van der Waals surface area contributed by atoms with E-state index in [-0.39, 0.29) is 11.7 Å². The Hall–Kier alpha value is -3.56. The summed E-state index contributed by atoms with van der Waals surface area (Å²) in [5.41, 5.74) is 5.93. The summed E-state index contributed by atoms with van der Waals surface area (Å²) in [6.45, 7) is 14.0. The predicted octanol–water partition coefficient (Wildman–Crippen LogP) is 5.76. The lowest BCUT2D eigenvalue weighted by atomic mass is 9.94. The van der Waals surface area contributed by atoms with Gasteiger partial charge in [-0.3, -0.25) is 4.99 Å². The van der Waals surface area contributed by atoms with Crippen molar-refractivity contribution >= 4 is 45.7 Å². The third-order valence-corrected chi connectivity index (χ3v) is 7.15. The molecule has 8 nitrogen and oxygen atoms in total. The number of nitrogens with one attached hydrogen (secondary N) is 1. The van der Waals surface area contributed by atoms with Gasteiger partial charge in [0.2, 0.25) is 0 Å². The van der Waals surface area contributed by atoms with Gasteiger partial charge in [-0.25, -0.2) is 14.4 Å². The molecule has 39 heavy (non-hydrogen) atoms. The Bertz CT molecular complexity index is 1380. The fourth-order valence-corrected chi connectivity index (χ4v) is 5.25. The van der Waals surface area contributed by atoms with Gasteiger partial charge in [-0.05, 0) is 38.0 Å². The van der Waals surface area contributed by atoms with E-state index in [1.165, 1.54) is 12.1 Å². The largest absolute Gasteiger partial charge is 0.378 e. The molecule has 0 atom stereocenters. The topological polar surface area (TPSA) is 75.1 Å². The second-order valence-corrected chi connectivity index (χ2v) is 10.0. The van der Waals surface area contributed by atoms with Crippen molar-refractivity contribution in [3.63, 3.8) is 0 Å². The number of hydrogen-bond acceptors (Lipinski definition) is 8. The third-order valence-electron chi connectivity index (χ3n) is 7.15. The maximum Gasteiger partial charge on any atom is 0.152 e. The van der Waals surface area contributed by atoms with Gasteiger partial charge in [-0.1, -0.05) is 19.9 Å². The zero-order valence-corrected chi connectivity index (χ0v) is 23.2. The van der Waals surface area contributed by atoms with E-state index < -0.39 is 0 Å². The minimum absolute atomic E-state index is 0.119. The number of aromatic nitrogens is 2. The van der Waals surface area contributed by atoms with Crippen molar-refractivity contribution in [2.75, 3.05) is 67.7 Å². The van der Waals surface area contributed by atoms with Gasteiger partial charge in [0.25, 0.3) is 0 Å². The summed E-state index contributed by atoms with van der Waals surface area (Å²) in [7, 11) is 0. The molecule has 9 heteroatoms. The average Bonchev–Trinajstić information content (AvgIpc) is 2.96. The second-order valence-electron chi connectivity index (χ2n) is 10.0. The smallest absolute Gasteiger partial charge is 0.152 e. The van der Waals surface area contributed by atoms with Gasteiger partial charge in [-0.15, -0.1) is 0 Å². The number of morpholine rings is 2. The standard InChI is InChI=1S/C30H37FN6O2/c1-5-24(32-6-2)29-27(20(3)4)28(23-8-7-21(31)17-25(23)34-29)35-26-18-22(36-9-13-38-14-10-36)19-33-30(26)37-11-15-39-16-12-37/h5-8,17-20H,9-16H2,1-4H3,(H,34,35). The highest BCUT2D eigenvalue weighted by molar-refractivity contribution is 5.98. The van der Waals surface area contributed by atoms with Crippen LogP contribution >= 0.6 is 0 Å². The number of ether oxygens (including phenoxy) is 2. The minimum Gasteiger partial charge on any atom is -0.378 e. The van der Waals surface area contributed by atoms with E-state index >= 15 is 0 Å². The molecule has 2 aliphatic heterocycles. The van der Waals surface area contributed by atoms with Crippen molar-refractivity contribution in [2.45, 2.75) is 33.6 Å². The van der Waals surface area contributed by atoms with Crippen LogP contribution in [0.4, 0.5) is 27.3 Å². The maximum absolute atomic E-state index is 14.4. The van der Waals surface area contributed by atoms with Crippen molar-refractivity contribution < 1.29 is 13.9 Å². The summed E-state index contributed by atoms with van der Waals surface area (Å²) in [4.78, 5) is 19.0. The summed E-state index contributed by atoms with van der Waals surface area (Å²) < 4.78 is 25.6. The number of fused-ring (bicyclic) bond motifs is 1. The number of benzene rings is 1.